The number of nitriles is 1. The predicted octanol–water partition coefficient (Wildman–Crippen LogP) is 4.30. The van der Waals surface area contributed by atoms with Gasteiger partial charge in [-0.3, -0.25) is 0 Å². The van der Waals surface area contributed by atoms with Gasteiger partial charge in [0.1, 0.15) is 6.79 Å². The van der Waals surface area contributed by atoms with Gasteiger partial charge in [0.05, 0.1) is 6.07 Å². The number of nitrogens with zero attached hydrogens (tertiary/aromatic N) is 1. The Kier molecular flexibility index (Phi) is 4.90. The number of rotatable bonds is 5. The minimum absolute atomic E-state index is 0.185. The van der Waals surface area contributed by atoms with Gasteiger partial charge in [-0.1, -0.05) is 19.4 Å². The van der Waals surface area contributed by atoms with Crippen molar-refractivity contribution >= 4 is 0 Å². The lowest BCUT2D eigenvalue weighted by Crippen LogP contribution is -2.40. The molecule has 0 bridgehead atoms. The summed E-state index contributed by atoms with van der Waals surface area (Å²) in [5, 5.41) is 9.41. The third-order valence-electron chi connectivity index (χ3n) is 6.64. The summed E-state index contributed by atoms with van der Waals surface area (Å²) in [6, 6.07) is 2.48. The third kappa shape index (κ3) is 2.96. The molecule has 0 heterocycles. The van der Waals surface area contributed by atoms with Crippen molar-refractivity contribution in [3.8, 4) is 6.07 Å². The average molecular weight is 303 g/mol. The van der Waals surface area contributed by atoms with Crippen molar-refractivity contribution in [2.45, 2.75) is 51.9 Å². The average Bonchev–Trinajstić information content (AvgIpc) is 2.84. The molecule has 2 saturated carbocycles. The molecule has 3 aliphatic rings. The van der Waals surface area contributed by atoms with Crippen LogP contribution in [0, 0.1) is 40.4 Å². The fourth-order valence-electron chi connectivity index (χ4n) is 5.33. The smallest absolute Gasteiger partial charge is 0.146 e. The van der Waals surface area contributed by atoms with E-state index >= 15 is 0 Å². The number of hydrogen-bond acceptors (Lipinski definition) is 3. The van der Waals surface area contributed by atoms with Gasteiger partial charge in [0, 0.05) is 24.7 Å². The third-order valence-corrected chi connectivity index (χ3v) is 6.64. The molecule has 0 unspecified atom stereocenters. The van der Waals surface area contributed by atoms with Gasteiger partial charge in [0.25, 0.3) is 0 Å². The summed E-state index contributed by atoms with van der Waals surface area (Å²) < 4.78 is 10.4. The Balaban J connectivity index is 1.55. The van der Waals surface area contributed by atoms with E-state index in [4.69, 9.17) is 9.47 Å². The lowest BCUT2D eigenvalue weighted by atomic mass is 9.55. The molecular formula is C19H29NO2. The maximum Gasteiger partial charge on any atom is 0.146 e. The van der Waals surface area contributed by atoms with E-state index in [1.165, 1.54) is 38.5 Å². The van der Waals surface area contributed by atoms with E-state index in [0.29, 0.717) is 12.7 Å². The Labute approximate surface area is 134 Å². The molecule has 0 amide bonds. The van der Waals surface area contributed by atoms with Gasteiger partial charge in [0.2, 0.25) is 0 Å². The molecule has 0 spiro atoms. The molecule has 0 aliphatic heterocycles. The van der Waals surface area contributed by atoms with E-state index in [0.717, 1.165) is 36.4 Å². The van der Waals surface area contributed by atoms with Crippen molar-refractivity contribution in [3.05, 3.63) is 11.6 Å². The minimum atomic E-state index is 0.185. The van der Waals surface area contributed by atoms with Crippen molar-refractivity contribution in [1.82, 2.24) is 0 Å². The second-order valence-corrected chi connectivity index (χ2v) is 7.82. The van der Waals surface area contributed by atoms with Crippen molar-refractivity contribution in [1.29, 1.82) is 5.26 Å². The summed E-state index contributed by atoms with van der Waals surface area (Å²) in [6.07, 6.45) is 11.2. The highest BCUT2D eigenvalue weighted by molar-refractivity contribution is 5.35. The van der Waals surface area contributed by atoms with Crippen LogP contribution >= 0.6 is 0 Å². The van der Waals surface area contributed by atoms with Crippen LogP contribution < -0.4 is 0 Å². The zero-order valence-electron chi connectivity index (χ0n) is 14.0. The molecule has 3 rings (SSSR count). The first-order chi connectivity index (χ1) is 10.7. The summed E-state index contributed by atoms with van der Waals surface area (Å²) in [5.74, 6) is 3.26. The number of ether oxygens (including phenoxy) is 2. The van der Waals surface area contributed by atoms with Gasteiger partial charge in [-0.25, -0.2) is 0 Å². The van der Waals surface area contributed by atoms with Crippen LogP contribution in [0.15, 0.2) is 11.6 Å². The van der Waals surface area contributed by atoms with E-state index in [1.807, 2.05) is 0 Å². The van der Waals surface area contributed by atoms with E-state index in [1.54, 1.807) is 7.11 Å². The van der Waals surface area contributed by atoms with Gasteiger partial charge < -0.3 is 9.47 Å². The molecule has 3 heteroatoms. The topological polar surface area (TPSA) is 42.2 Å². The molecular weight excluding hydrogens is 274 g/mol. The molecule has 5 atom stereocenters. The van der Waals surface area contributed by atoms with Crippen LogP contribution in [0.3, 0.4) is 0 Å². The maximum atomic E-state index is 9.41. The normalized spacial score (nSPS) is 40.5. The van der Waals surface area contributed by atoms with Crippen LogP contribution in [-0.2, 0) is 9.47 Å². The molecule has 2 fully saturated rings. The zero-order chi connectivity index (χ0) is 15.6. The number of methoxy groups -OCH3 is 1. The predicted molar refractivity (Wildman–Crippen MR) is 85.9 cm³/mol. The molecule has 22 heavy (non-hydrogen) atoms. The first-order valence-electron chi connectivity index (χ1n) is 8.84. The quantitative estimate of drug-likeness (QED) is 0.562. The lowest BCUT2D eigenvalue weighted by Gasteiger charge is -2.49. The molecule has 3 nitrogen and oxygen atoms in total. The van der Waals surface area contributed by atoms with Crippen LogP contribution in [0.2, 0.25) is 0 Å². The van der Waals surface area contributed by atoms with Crippen molar-refractivity contribution in [2.24, 2.45) is 29.1 Å². The van der Waals surface area contributed by atoms with E-state index in [-0.39, 0.29) is 5.41 Å². The highest BCUT2D eigenvalue weighted by atomic mass is 16.7. The van der Waals surface area contributed by atoms with Crippen molar-refractivity contribution in [3.63, 3.8) is 0 Å². The highest BCUT2D eigenvalue weighted by Gasteiger charge is 2.50. The van der Waals surface area contributed by atoms with E-state index < -0.39 is 0 Å². The van der Waals surface area contributed by atoms with Gasteiger partial charge in [0.15, 0.2) is 0 Å². The molecule has 122 valence electrons. The summed E-state index contributed by atoms with van der Waals surface area (Å²) in [4.78, 5) is 0. The molecule has 0 aromatic carbocycles. The van der Waals surface area contributed by atoms with Crippen LogP contribution in [0.1, 0.15) is 51.9 Å². The molecule has 3 aliphatic carbocycles. The van der Waals surface area contributed by atoms with Crippen LogP contribution in [-0.4, -0.2) is 20.5 Å². The van der Waals surface area contributed by atoms with Crippen LogP contribution in [0.25, 0.3) is 0 Å². The summed E-state index contributed by atoms with van der Waals surface area (Å²) in [5.41, 5.74) is 1.26. The van der Waals surface area contributed by atoms with Crippen LogP contribution in [0.4, 0.5) is 0 Å². The fourth-order valence-corrected chi connectivity index (χ4v) is 5.33. The second-order valence-electron chi connectivity index (χ2n) is 7.82. The minimum Gasteiger partial charge on any atom is -0.359 e. The standard InChI is InChI=1S/C19H29NO2/c1-19-11-15-4-3-14(7-8-22-13-21-2)9-16(15)10-17(19)5-6-18(19)12-20/h6,14-17H,3-5,7-11,13H2,1-2H3/t14-,15+,16+,17-,19-/m0/s1. The fraction of sp³-hybridized carbons (Fsp3) is 0.842. The number of hydrogen-bond donors (Lipinski definition) is 0. The molecule has 0 radical (unpaired) electrons. The van der Waals surface area contributed by atoms with Gasteiger partial charge in [-0.2, -0.15) is 5.26 Å². The molecule has 0 aromatic rings. The first-order valence-corrected chi connectivity index (χ1v) is 8.84. The number of allylic oxidation sites excluding steroid dienone is 2. The highest BCUT2D eigenvalue weighted by Crippen LogP contribution is 2.58. The van der Waals surface area contributed by atoms with Gasteiger partial charge in [-0.05, 0) is 62.2 Å². The maximum absolute atomic E-state index is 9.41. The van der Waals surface area contributed by atoms with Gasteiger partial charge in [-0.15, -0.1) is 0 Å². The summed E-state index contributed by atoms with van der Waals surface area (Å²) in [6.45, 7) is 3.60. The lowest BCUT2D eigenvalue weighted by molar-refractivity contribution is -0.0400. The Bertz CT molecular complexity index is 467. The van der Waals surface area contributed by atoms with Crippen molar-refractivity contribution < 1.29 is 9.47 Å². The van der Waals surface area contributed by atoms with E-state index in [9.17, 15) is 5.26 Å². The second kappa shape index (κ2) is 6.72. The largest absolute Gasteiger partial charge is 0.359 e. The molecule has 0 aromatic heterocycles. The molecule has 0 N–H and O–H groups in total. The summed E-state index contributed by atoms with van der Waals surface area (Å²) in [7, 11) is 1.68. The van der Waals surface area contributed by atoms with Crippen LogP contribution in [0.5, 0.6) is 0 Å². The Morgan fingerprint density at radius 2 is 2.18 bits per heavy atom. The first kappa shape index (κ1) is 16.0. The summed E-state index contributed by atoms with van der Waals surface area (Å²) >= 11 is 0. The zero-order valence-corrected chi connectivity index (χ0v) is 14.0. The number of fused-ring (bicyclic) bond motifs is 2. The molecule has 0 saturated heterocycles. The van der Waals surface area contributed by atoms with Gasteiger partial charge >= 0.3 is 0 Å². The Morgan fingerprint density at radius 3 is 2.95 bits per heavy atom. The SMILES string of the molecule is COCOCC[C@@H]1CC[C@@H]2C[C@]3(C)C(C#N)=CC[C@H]3C[C@H]2C1. The Hall–Kier alpha value is -0.850. The Morgan fingerprint density at radius 1 is 1.32 bits per heavy atom. The van der Waals surface area contributed by atoms with Crippen molar-refractivity contribution in [2.75, 3.05) is 20.5 Å². The van der Waals surface area contributed by atoms with E-state index in [2.05, 4.69) is 19.1 Å². The monoisotopic (exact) mass is 303 g/mol.